The quantitative estimate of drug-likeness (QED) is 0.478. The maximum Gasteiger partial charge on any atom is 0.255 e. The summed E-state index contributed by atoms with van der Waals surface area (Å²) in [5.74, 6) is -1.13. The molecule has 1 aliphatic rings. The number of unbranched alkanes of at least 4 members (excludes halogenated alkanes) is 1. The molecule has 0 fully saturated rings. The fourth-order valence-corrected chi connectivity index (χ4v) is 3.85. The van der Waals surface area contributed by atoms with Crippen LogP contribution in [0.5, 0.6) is 5.75 Å². The number of hydrogen-bond acceptors (Lipinski definition) is 6. The molecule has 0 spiro atoms. The maximum absolute atomic E-state index is 13.1. The summed E-state index contributed by atoms with van der Waals surface area (Å²) in [5, 5.41) is 8.46. The number of hydrogen-bond donors (Lipinski definition) is 3. The fraction of sp³-hybridized carbons (Fsp3) is 0.615. The average molecular weight is 504 g/mol. The number of para-hydroxylation sites is 1. The summed E-state index contributed by atoms with van der Waals surface area (Å²) in [6.07, 6.45) is 1.81. The van der Waals surface area contributed by atoms with Gasteiger partial charge in [0.1, 0.15) is 24.4 Å². The van der Waals surface area contributed by atoms with Gasteiger partial charge in [0, 0.05) is 20.0 Å². The first kappa shape index (κ1) is 29.1. The number of likely N-dealkylation sites (N-methyl/N-ethyl adjacent to an activating group) is 1. The van der Waals surface area contributed by atoms with E-state index in [4.69, 9.17) is 4.74 Å². The van der Waals surface area contributed by atoms with Crippen LogP contribution in [0.2, 0.25) is 0 Å². The van der Waals surface area contributed by atoms with Crippen molar-refractivity contribution in [3.8, 4) is 5.75 Å². The predicted molar refractivity (Wildman–Crippen MR) is 138 cm³/mol. The zero-order chi connectivity index (χ0) is 26.7. The van der Waals surface area contributed by atoms with Crippen LogP contribution < -0.4 is 20.7 Å². The number of carbonyl (C=O) groups is 4. The number of rotatable bonds is 7. The lowest BCUT2D eigenvalue weighted by molar-refractivity contribution is -0.137. The molecule has 2 atom stereocenters. The Morgan fingerprint density at radius 1 is 1.17 bits per heavy atom. The summed E-state index contributed by atoms with van der Waals surface area (Å²) < 4.78 is 5.83. The molecule has 0 aromatic heterocycles. The normalized spacial score (nSPS) is 20.1. The molecule has 3 N–H and O–H groups in total. The average Bonchev–Trinajstić information content (AvgIpc) is 2.83. The molecular weight excluding hydrogens is 462 g/mol. The van der Waals surface area contributed by atoms with Gasteiger partial charge in [-0.3, -0.25) is 19.2 Å². The van der Waals surface area contributed by atoms with Crippen LogP contribution in [0.3, 0.4) is 0 Å². The van der Waals surface area contributed by atoms with Gasteiger partial charge < -0.3 is 30.5 Å². The number of carbonyl (C=O) groups excluding carboxylic acids is 4. The molecule has 4 amide bonds. The van der Waals surface area contributed by atoms with Crippen LogP contribution in [-0.4, -0.2) is 92.9 Å². The van der Waals surface area contributed by atoms with Gasteiger partial charge in [0.05, 0.1) is 12.1 Å². The van der Waals surface area contributed by atoms with E-state index in [0.717, 1.165) is 19.4 Å². The molecule has 0 aliphatic carbocycles. The van der Waals surface area contributed by atoms with Gasteiger partial charge in [0.2, 0.25) is 17.7 Å². The van der Waals surface area contributed by atoms with Gasteiger partial charge in [-0.2, -0.15) is 0 Å². The Hall–Kier alpha value is -3.14. The highest BCUT2D eigenvalue weighted by Gasteiger charge is 2.29. The topological polar surface area (TPSA) is 120 Å². The van der Waals surface area contributed by atoms with Crippen molar-refractivity contribution in [3.05, 3.63) is 29.8 Å². The minimum atomic E-state index is -0.911. The lowest BCUT2D eigenvalue weighted by atomic mass is 10.0. The van der Waals surface area contributed by atoms with Crippen molar-refractivity contribution in [2.45, 2.75) is 51.6 Å². The fourth-order valence-electron chi connectivity index (χ4n) is 3.85. The van der Waals surface area contributed by atoms with Crippen LogP contribution in [-0.2, 0) is 14.4 Å². The Kier molecular flexibility index (Phi) is 11.7. The van der Waals surface area contributed by atoms with Crippen molar-refractivity contribution < 1.29 is 23.9 Å². The van der Waals surface area contributed by atoms with Gasteiger partial charge in [-0.15, -0.1) is 0 Å². The van der Waals surface area contributed by atoms with Gasteiger partial charge in [-0.1, -0.05) is 26.0 Å². The van der Waals surface area contributed by atoms with Crippen LogP contribution in [0.4, 0.5) is 0 Å². The molecular formula is C26H41N5O5. The second-order valence-electron chi connectivity index (χ2n) is 9.76. The standard InChI is InChI=1S/C26H41N5O5/c1-18(2)23-26(35)31(5)16-17-36-21-11-7-6-10-19(21)24(33)28-20(12-13-22(32)29-23)25(34)27-14-8-9-15-30(3)4/h6-7,10-11,18,20,23H,8-9,12-17H2,1-5H3,(H,27,34)(H,28,33)(H,29,32)/t20-,23-/m0/s1. The predicted octanol–water partition coefficient (Wildman–Crippen LogP) is 1.01. The molecule has 36 heavy (non-hydrogen) atoms. The molecule has 200 valence electrons. The van der Waals surface area contributed by atoms with Crippen molar-refractivity contribution in [1.82, 2.24) is 25.8 Å². The van der Waals surface area contributed by atoms with Gasteiger partial charge in [0.25, 0.3) is 5.91 Å². The van der Waals surface area contributed by atoms with Crippen LogP contribution in [0.25, 0.3) is 0 Å². The van der Waals surface area contributed by atoms with E-state index in [-0.39, 0.29) is 55.2 Å². The smallest absolute Gasteiger partial charge is 0.255 e. The number of nitrogens with one attached hydrogen (secondary N) is 3. The first-order valence-electron chi connectivity index (χ1n) is 12.6. The van der Waals surface area contributed by atoms with Crippen molar-refractivity contribution in [2.24, 2.45) is 5.92 Å². The van der Waals surface area contributed by atoms with Gasteiger partial charge in [0.15, 0.2) is 0 Å². The third kappa shape index (κ3) is 9.14. The molecule has 0 saturated heterocycles. The Balaban J connectivity index is 2.22. The summed E-state index contributed by atoms with van der Waals surface area (Å²) in [6, 6.07) is 5.16. The summed E-state index contributed by atoms with van der Waals surface area (Å²) in [4.78, 5) is 55.4. The molecule has 0 unspecified atom stereocenters. The van der Waals surface area contributed by atoms with E-state index in [1.165, 1.54) is 4.90 Å². The van der Waals surface area contributed by atoms with E-state index >= 15 is 0 Å². The highest BCUT2D eigenvalue weighted by molar-refractivity contribution is 5.99. The number of nitrogens with zero attached hydrogens (tertiary/aromatic N) is 2. The van der Waals surface area contributed by atoms with E-state index in [1.807, 2.05) is 27.9 Å². The third-order valence-corrected chi connectivity index (χ3v) is 6.05. The maximum atomic E-state index is 13.1. The molecule has 0 radical (unpaired) electrons. The van der Waals surface area contributed by atoms with Crippen LogP contribution in [0.15, 0.2) is 24.3 Å². The van der Waals surface area contributed by atoms with Crippen LogP contribution in [0, 0.1) is 5.92 Å². The molecule has 0 bridgehead atoms. The molecule has 1 aromatic carbocycles. The van der Waals surface area contributed by atoms with E-state index < -0.39 is 18.0 Å². The molecule has 1 aliphatic heterocycles. The van der Waals surface area contributed by atoms with E-state index in [9.17, 15) is 19.2 Å². The summed E-state index contributed by atoms with van der Waals surface area (Å²) in [7, 11) is 5.64. The lowest BCUT2D eigenvalue weighted by Gasteiger charge is -2.27. The third-order valence-electron chi connectivity index (χ3n) is 6.05. The summed E-state index contributed by atoms with van der Waals surface area (Å²) >= 11 is 0. The largest absolute Gasteiger partial charge is 0.491 e. The van der Waals surface area contributed by atoms with Crippen molar-refractivity contribution in [3.63, 3.8) is 0 Å². The van der Waals surface area contributed by atoms with Gasteiger partial charge in [-0.05, 0) is 58.0 Å². The zero-order valence-corrected chi connectivity index (χ0v) is 22.1. The minimum absolute atomic E-state index is 0.0165. The second-order valence-corrected chi connectivity index (χ2v) is 9.76. The Bertz CT molecular complexity index is 904. The Morgan fingerprint density at radius 2 is 1.89 bits per heavy atom. The van der Waals surface area contributed by atoms with Crippen molar-refractivity contribution >= 4 is 23.6 Å². The highest BCUT2D eigenvalue weighted by Crippen LogP contribution is 2.19. The number of ether oxygens (including phenoxy) is 1. The molecule has 0 saturated carbocycles. The van der Waals surface area contributed by atoms with E-state index in [2.05, 4.69) is 20.9 Å². The SMILES string of the molecule is CC(C)[C@@H]1NC(=O)CC[C@@H](C(=O)NCCCCN(C)C)NC(=O)c2ccccc2OCCN(C)C1=O. The second kappa shape index (κ2) is 14.4. The summed E-state index contributed by atoms with van der Waals surface area (Å²) in [6.45, 7) is 5.57. The first-order valence-corrected chi connectivity index (χ1v) is 12.6. The lowest BCUT2D eigenvalue weighted by Crippen LogP contribution is -2.51. The number of amides is 4. The monoisotopic (exact) mass is 503 g/mol. The van der Waals surface area contributed by atoms with Crippen molar-refractivity contribution in [1.29, 1.82) is 0 Å². The number of benzene rings is 1. The number of fused-ring (bicyclic) bond motifs is 1. The molecule has 2 rings (SSSR count). The molecule has 1 heterocycles. The minimum Gasteiger partial charge on any atom is -0.491 e. The van der Waals surface area contributed by atoms with Gasteiger partial charge >= 0.3 is 0 Å². The van der Waals surface area contributed by atoms with Gasteiger partial charge in [-0.25, -0.2) is 0 Å². The van der Waals surface area contributed by atoms with E-state index in [0.29, 0.717) is 12.3 Å². The molecule has 10 heteroatoms. The molecule has 1 aromatic rings. The Morgan fingerprint density at radius 3 is 2.58 bits per heavy atom. The van der Waals surface area contributed by atoms with Crippen LogP contribution in [0.1, 0.15) is 49.9 Å². The first-order chi connectivity index (χ1) is 17.1. The zero-order valence-electron chi connectivity index (χ0n) is 22.1. The van der Waals surface area contributed by atoms with Crippen LogP contribution >= 0.6 is 0 Å². The highest BCUT2D eigenvalue weighted by atomic mass is 16.5. The molecule has 10 nitrogen and oxygen atoms in total. The van der Waals surface area contributed by atoms with E-state index in [1.54, 1.807) is 31.3 Å². The van der Waals surface area contributed by atoms with Crippen molar-refractivity contribution in [2.75, 3.05) is 47.4 Å². The Labute approximate surface area is 214 Å². The summed E-state index contributed by atoms with van der Waals surface area (Å²) in [5.41, 5.74) is 0.287.